The number of carbonyl (C=O) groups is 1. The molecule has 0 fully saturated rings. The van der Waals surface area contributed by atoms with Crippen LogP contribution >= 0.6 is 0 Å². The molecule has 0 aromatic carbocycles. The first kappa shape index (κ1) is 17.5. The Hall–Kier alpha value is -3.94. The van der Waals surface area contributed by atoms with Gasteiger partial charge in [-0.2, -0.15) is 5.10 Å². The van der Waals surface area contributed by atoms with E-state index >= 15 is 0 Å². The van der Waals surface area contributed by atoms with E-state index in [2.05, 4.69) is 30.4 Å². The van der Waals surface area contributed by atoms with Gasteiger partial charge >= 0.3 is 0 Å². The van der Waals surface area contributed by atoms with Crippen molar-refractivity contribution in [3.63, 3.8) is 0 Å². The Bertz CT molecular complexity index is 1140. The van der Waals surface area contributed by atoms with E-state index in [9.17, 15) is 4.79 Å². The third kappa shape index (κ3) is 3.48. The molecule has 0 aliphatic heterocycles. The average molecular weight is 371 g/mol. The SMILES string of the molecule is Cc1cc(NC(=O)c2ccnn2-c2cccnc2)nc(-c2ncccc2C)n1. The van der Waals surface area contributed by atoms with Crippen molar-refractivity contribution < 1.29 is 4.79 Å². The van der Waals surface area contributed by atoms with Crippen molar-refractivity contribution in [1.82, 2.24) is 29.7 Å². The molecule has 1 amide bonds. The smallest absolute Gasteiger partial charge is 0.275 e. The number of aromatic nitrogens is 6. The van der Waals surface area contributed by atoms with E-state index < -0.39 is 0 Å². The molecule has 0 spiro atoms. The van der Waals surface area contributed by atoms with Crippen LogP contribution in [0.15, 0.2) is 61.2 Å². The number of carbonyl (C=O) groups excluding carboxylic acids is 1. The lowest BCUT2D eigenvalue weighted by Gasteiger charge is -2.10. The number of rotatable bonds is 4. The van der Waals surface area contributed by atoms with Gasteiger partial charge in [-0.25, -0.2) is 14.6 Å². The molecule has 0 bridgehead atoms. The average Bonchev–Trinajstić information content (AvgIpc) is 3.18. The molecule has 4 aromatic rings. The summed E-state index contributed by atoms with van der Waals surface area (Å²) in [4.78, 5) is 30.2. The van der Waals surface area contributed by atoms with Crippen molar-refractivity contribution in [3.8, 4) is 17.2 Å². The Morgan fingerprint density at radius 1 is 1.04 bits per heavy atom. The Kier molecular flexibility index (Phi) is 4.59. The second-order valence-corrected chi connectivity index (χ2v) is 6.18. The second kappa shape index (κ2) is 7.36. The zero-order chi connectivity index (χ0) is 19.5. The lowest BCUT2D eigenvalue weighted by molar-refractivity contribution is 0.101. The molecule has 28 heavy (non-hydrogen) atoms. The van der Waals surface area contributed by atoms with Crippen molar-refractivity contribution in [2.75, 3.05) is 5.32 Å². The van der Waals surface area contributed by atoms with Crippen LogP contribution in [-0.4, -0.2) is 35.6 Å². The Morgan fingerprint density at radius 2 is 1.89 bits per heavy atom. The summed E-state index contributed by atoms with van der Waals surface area (Å²) in [6.45, 7) is 3.79. The molecule has 0 saturated carbocycles. The number of hydrogen-bond donors (Lipinski definition) is 1. The fourth-order valence-corrected chi connectivity index (χ4v) is 2.80. The van der Waals surface area contributed by atoms with Crippen molar-refractivity contribution >= 4 is 11.7 Å². The Balaban J connectivity index is 1.65. The predicted octanol–water partition coefficient (Wildman–Crippen LogP) is 2.99. The molecule has 4 aromatic heterocycles. The fourth-order valence-electron chi connectivity index (χ4n) is 2.80. The molecule has 4 rings (SSSR count). The van der Waals surface area contributed by atoms with E-state index in [1.54, 1.807) is 43.0 Å². The van der Waals surface area contributed by atoms with Crippen LogP contribution in [0, 0.1) is 13.8 Å². The first-order valence-corrected chi connectivity index (χ1v) is 8.65. The van der Waals surface area contributed by atoms with Crippen molar-refractivity contribution in [1.29, 1.82) is 0 Å². The summed E-state index contributed by atoms with van der Waals surface area (Å²) in [6, 6.07) is 10.8. The number of nitrogens with zero attached hydrogens (tertiary/aromatic N) is 6. The zero-order valence-corrected chi connectivity index (χ0v) is 15.4. The lowest BCUT2D eigenvalue weighted by Crippen LogP contribution is -2.18. The highest BCUT2D eigenvalue weighted by Crippen LogP contribution is 2.19. The molecule has 0 saturated heterocycles. The molecular formula is C20H17N7O. The number of pyridine rings is 2. The van der Waals surface area contributed by atoms with Gasteiger partial charge in [0.1, 0.15) is 17.2 Å². The van der Waals surface area contributed by atoms with Crippen molar-refractivity contribution in [2.45, 2.75) is 13.8 Å². The van der Waals surface area contributed by atoms with Crippen LogP contribution in [0.1, 0.15) is 21.7 Å². The summed E-state index contributed by atoms with van der Waals surface area (Å²) in [5.74, 6) is 0.536. The van der Waals surface area contributed by atoms with Crippen LogP contribution in [0.2, 0.25) is 0 Å². The number of anilines is 1. The number of nitrogens with one attached hydrogen (secondary N) is 1. The maximum absolute atomic E-state index is 12.8. The van der Waals surface area contributed by atoms with Crippen LogP contribution in [-0.2, 0) is 0 Å². The molecule has 0 unspecified atom stereocenters. The van der Waals surface area contributed by atoms with Gasteiger partial charge in [0.05, 0.1) is 18.1 Å². The van der Waals surface area contributed by atoms with Crippen LogP contribution in [0.4, 0.5) is 5.82 Å². The Morgan fingerprint density at radius 3 is 2.68 bits per heavy atom. The van der Waals surface area contributed by atoms with Gasteiger partial charge < -0.3 is 5.32 Å². The van der Waals surface area contributed by atoms with Gasteiger partial charge in [-0.1, -0.05) is 6.07 Å². The number of hydrogen-bond acceptors (Lipinski definition) is 6. The van der Waals surface area contributed by atoms with Crippen molar-refractivity contribution in [3.05, 3.63) is 78.1 Å². The monoisotopic (exact) mass is 371 g/mol. The van der Waals surface area contributed by atoms with Crippen LogP contribution < -0.4 is 5.32 Å². The number of aryl methyl sites for hydroxylation is 2. The highest BCUT2D eigenvalue weighted by molar-refractivity contribution is 6.03. The standard InChI is InChI=1S/C20H17N7O/c1-13-5-3-9-22-18(13)19-24-14(2)11-17(25-19)26-20(28)16-7-10-23-27(16)15-6-4-8-21-12-15/h3-12H,1-2H3,(H,24,25,26,28). The summed E-state index contributed by atoms with van der Waals surface area (Å²) < 4.78 is 1.53. The van der Waals surface area contributed by atoms with E-state index in [0.717, 1.165) is 11.3 Å². The third-order valence-corrected chi connectivity index (χ3v) is 4.08. The van der Waals surface area contributed by atoms with E-state index in [1.165, 1.54) is 4.68 Å². The van der Waals surface area contributed by atoms with Gasteiger partial charge in [0.2, 0.25) is 0 Å². The van der Waals surface area contributed by atoms with Crippen molar-refractivity contribution in [2.24, 2.45) is 0 Å². The molecule has 8 nitrogen and oxygen atoms in total. The number of amides is 1. The largest absolute Gasteiger partial charge is 0.305 e. The van der Waals surface area contributed by atoms with E-state index in [-0.39, 0.29) is 5.91 Å². The maximum atomic E-state index is 12.8. The summed E-state index contributed by atoms with van der Waals surface area (Å²) in [7, 11) is 0. The topological polar surface area (TPSA) is 98.5 Å². The van der Waals surface area contributed by atoms with Crippen LogP contribution in [0.3, 0.4) is 0 Å². The van der Waals surface area contributed by atoms with Gasteiger partial charge in [-0.15, -0.1) is 0 Å². The molecule has 0 aliphatic carbocycles. The third-order valence-electron chi connectivity index (χ3n) is 4.08. The lowest BCUT2D eigenvalue weighted by atomic mass is 10.2. The quantitative estimate of drug-likeness (QED) is 0.592. The van der Waals surface area contributed by atoms with Crippen LogP contribution in [0.25, 0.3) is 17.2 Å². The molecular weight excluding hydrogens is 354 g/mol. The summed E-state index contributed by atoms with van der Waals surface area (Å²) in [5, 5.41) is 7.04. The highest BCUT2D eigenvalue weighted by atomic mass is 16.2. The summed E-state index contributed by atoms with van der Waals surface area (Å²) >= 11 is 0. The molecule has 4 heterocycles. The first-order chi connectivity index (χ1) is 13.6. The molecule has 8 heteroatoms. The van der Waals surface area contributed by atoms with Gasteiger partial charge in [0, 0.05) is 24.2 Å². The van der Waals surface area contributed by atoms with Gasteiger partial charge in [0.15, 0.2) is 5.82 Å². The van der Waals surface area contributed by atoms with Gasteiger partial charge in [0.25, 0.3) is 5.91 Å². The highest BCUT2D eigenvalue weighted by Gasteiger charge is 2.16. The normalized spacial score (nSPS) is 10.6. The molecule has 0 radical (unpaired) electrons. The van der Waals surface area contributed by atoms with Gasteiger partial charge in [-0.05, 0) is 43.7 Å². The maximum Gasteiger partial charge on any atom is 0.275 e. The van der Waals surface area contributed by atoms with E-state index in [4.69, 9.17) is 0 Å². The van der Waals surface area contributed by atoms with Gasteiger partial charge in [-0.3, -0.25) is 14.8 Å². The zero-order valence-electron chi connectivity index (χ0n) is 15.4. The molecule has 0 atom stereocenters. The minimum atomic E-state index is -0.330. The minimum absolute atomic E-state index is 0.330. The Labute approximate surface area is 161 Å². The second-order valence-electron chi connectivity index (χ2n) is 6.18. The summed E-state index contributed by atoms with van der Waals surface area (Å²) in [6.07, 6.45) is 6.56. The minimum Gasteiger partial charge on any atom is -0.305 e. The summed E-state index contributed by atoms with van der Waals surface area (Å²) in [5.41, 5.74) is 3.44. The van der Waals surface area contributed by atoms with E-state index in [1.807, 2.05) is 32.0 Å². The molecule has 1 N–H and O–H groups in total. The van der Waals surface area contributed by atoms with Crippen LogP contribution in [0.5, 0.6) is 0 Å². The molecule has 138 valence electrons. The van der Waals surface area contributed by atoms with E-state index in [0.29, 0.717) is 28.7 Å². The molecule has 0 aliphatic rings. The predicted molar refractivity (Wildman–Crippen MR) is 104 cm³/mol. The first-order valence-electron chi connectivity index (χ1n) is 8.65. The fraction of sp³-hybridized carbons (Fsp3) is 0.100.